The van der Waals surface area contributed by atoms with Crippen molar-refractivity contribution in [3.05, 3.63) is 42.0 Å². The van der Waals surface area contributed by atoms with Gasteiger partial charge in [-0.15, -0.1) is 6.58 Å². The molecule has 0 heterocycles. The van der Waals surface area contributed by atoms with Crippen LogP contribution in [0.5, 0.6) is 5.75 Å². The predicted octanol–water partition coefficient (Wildman–Crippen LogP) is 2.98. The molecule has 0 saturated heterocycles. The Bertz CT molecular complexity index is 269. The maximum atomic E-state index is 9.48. The number of rotatable bonds is 2. The molecule has 0 aromatic heterocycles. The van der Waals surface area contributed by atoms with Crippen LogP contribution >= 0.6 is 12.6 Å². The van der Waals surface area contributed by atoms with E-state index in [0.717, 1.165) is 17.5 Å². The number of benzene rings is 1. The highest BCUT2D eigenvalue weighted by Crippen LogP contribution is 2.21. The van der Waals surface area contributed by atoms with E-state index in [1.54, 1.807) is 12.3 Å². The van der Waals surface area contributed by atoms with E-state index < -0.39 is 0 Å². The average molecular weight is 196 g/mol. The van der Waals surface area contributed by atoms with Crippen molar-refractivity contribution in [1.82, 2.24) is 0 Å². The van der Waals surface area contributed by atoms with E-state index in [1.165, 1.54) is 0 Å². The second kappa shape index (κ2) is 6.61. The molecule has 0 aliphatic heterocycles. The summed E-state index contributed by atoms with van der Waals surface area (Å²) in [5.74, 6) is 0.396. The molecule has 0 fully saturated rings. The van der Waals surface area contributed by atoms with Crippen LogP contribution in [0.4, 0.5) is 0 Å². The number of aryl methyl sites for hydroxylation is 1. The first kappa shape index (κ1) is 12.1. The summed E-state index contributed by atoms with van der Waals surface area (Å²) in [7, 11) is 0. The van der Waals surface area contributed by atoms with Gasteiger partial charge in [-0.3, -0.25) is 0 Å². The summed E-state index contributed by atoms with van der Waals surface area (Å²) >= 11 is 3.53. The summed E-state index contributed by atoms with van der Waals surface area (Å²) in [5.41, 5.74) is 1.87. The molecule has 2 heteroatoms. The normalized spacial score (nSPS) is 8.54. The van der Waals surface area contributed by atoms with E-state index in [1.807, 2.05) is 25.1 Å². The SMILES string of the molecule is C=CCc1cccc(C)c1O.CS. The highest BCUT2D eigenvalue weighted by molar-refractivity contribution is 7.79. The van der Waals surface area contributed by atoms with Gasteiger partial charge in [0.25, 0.3) is 0 Å². The van der Waals surface area contributed by atoms with Crippen LogP contribution in [0.1, 0.15) is 11.1 Å². The molecule has 0 amide bonds. The molecule has 1 aromatic rings. The van der Waals surface area contributed by atoms with Crippen molar-refractivity contribution in [3.63, 3.8) is 0 Å². The van der Waals surface area contributed by atoms with Gasteiger partial charge in [0.2, 0.25) is 0 Å². The lowest BCUT2D eigenvalue weighted by Gasteiger charge is -2.03. The fourth-order valence-corrected chi connectivity index (χ4v) is 1.04. The van der Waals surface area contributed by atoms with E-state index in [9.17, 15) is 5.11 Å². The zero-order valence-corrected chi connectivity index (χ0v) is 9.01. The van der Waals surface area contributed by atoms with Crippen LogP contribution in [0.2, 0.25) is 0 Å². The third kappa shape index (κ3) is 3.55. The van der Waals surface area contributed by atoms with E-state index in [4.69, 9.17) is 0 Å². The third-order valence-corrected chi connectivity index (χ3v) is 1.69. The number of aromatic hydroxyl groups is 1. The van der Waals surface area contributed by atoms with Crippen molar-refractivity contribution in [3.8, 4) is 5.75 Å². The van der Waals surface area contributed by atoms with Crippen LogP contribution in [-0.2, 0) is 6.42 Å². The molecule has 1 nitrogen and oxygen atoms in total. The molecule has 0 aliphatic carbocycles. The number of hydrogen-bond acceptors (Lipinski definition) is 2. The van der Waals surface area contributed by atoms with Crippen LogP contribution in [0.3, 0.4) is 0 Å². The summed E-state index contributed by atoms with van der Waals surface area (Å²) in [6, 6.07) is 5.74. The molecule has 0 saturated carbocycles. The lowest BCUT2D eigenvalue weighted by molar-refractivity contribution is 0.465. The summed E-state index contributed by atoms with van der Waals surface area (Å²) in [6.45, 7) is 5.51. The molecule has 1 aromatic carbocycles. The molecule has 0 atom stereocenters. The maximum Gasteiger partial charge on any atom is 0.121 e. The number of thiol groups is 1. The summed E-state index contributed by atoms with van der Waals surface area (Å²) in [4.78, 5) is 0. The molecular weight excluding hydrogens is 180 g/mol. The minimum absolute atomic E-state index is 0.396. The number of para-hydroxylation sites is 1. The third-order valence-electron chi connectivity index (χ3n) is 1.69. The number of allylic oxidation sites excluding steroid dienone is 1. The largest absolute Gasteiger partial charge is 0.507 e. The molecule has 1 rings (SSSR count). The Balaban J connectivity index is 0.000000671. The molecule has 1 N–H and O–H groups in total. The molecule has 0 spiro atoms. The Kier molecular flexibility index (Phi) is 6.15. The lowest BCUT2D eigenvalue weighted by Crippen LogP contribution is -1.83. The predicted molar refractivity (Wildman–Crippen MR) is 61.7 cm³/mol. The van der Waals surface area contributed by atoms with Gasteiger partial charge in [-0.2, -0.15) is 12.6 Å². The smallest absolute Gasteiger partial charge is 0.121 e. The second-order valence-corrected chi connectivity index (χ2v) is 2.58. The second-order valence-electron chi connectivity index (χ2n) is 2.58. The Labute approximate surface area is 85.5 Å². The zero-order valence-electron chi connectivity index (χ0n) is 8.12. The van der Waals surface area contributed by atoms with Gasteiger partial charge >= 0.3 is 0 Å². The van der Waals surface area contributed by atoms with E-state index in [2.05, 4.69) is 19.2 Å². The van der Waals surface area contributed by atoms with Crippen molar-refractivity contribution < 1.29 is 5.11 Å². The number of phenolic OH excluding ortho intramolecular Hbond substituents is 1. The molecule has 0 bridgehead atoms. The fourth-order valence-electron chi connectivity index (χ4n) is 1.04. The summed E-state index contributed by atoms with van der Waals surface area (Å²) in [6.07, 6.45) is 4.21. The van der Waals surface area contributed by atoms with Gasteiger partial charge in [0, 0.05) is 0 Å². The summed E-state index contributed by atoms with van der Waals surface area (Å²) < 4.78 is 0. The van der Waals surface area contributed by atoms with E-state index >= 15 is 0 Å². The quantitative estimate of drug-likeness (QED) is 0.550. The van der Waals surface area contributed by atoms with Gasteiger partial charge in [-0.1, -0.05) is 24.3 Å². The average Bonchev–Trinajstić information content (AvgIpc) is 2.17. The van der Waals surface area contributed by atoms with Crippen LogP contribution in [0, 0.1) is 6.92 Å². The van der Waals surface area contributed by atoms with Gasteiger partial charge in [0.15, 0.2) is 0 Å². The molecule has 0 unspecified atom stereocenters. The van der Waals surface area contributed by atoms with E-state index in [-0.39, 0.29) is 0 Å². The first-order chi connectivity index (χ1) is 6.25. The molecular formula is C11H16OS. The standard InChI is InChI=1S/C10H12O.CH4S/c1-3-5-9-7-4-6-8(2)10(9)11;1-2/h3-4,6-7,11H,1,5H2,2H3;2H,1H3. The van der Waals surface area contributed by atoms with Gasteiger partial charge < -0.3 is 5.11 Å². The first-order valence-corrected chi connectivity index (χ1v) is 4.98. The monoisotopic (exact) mass is 196 g/mol. The maximum absolute atomic E-state index is 9.48. The Morgan fingerprint density at radius 1 is 1.46 bits per heavy atom. The van der Waals surface area contributed by atoms with Crippen molar-refractivity contribution in [2.75, 3.05) is 6.26 Å². The van der Waals surface area contributed by atoms with Crippen LogP contribution in [0.25, 0.3) is 0 Å². The fraction of sp³-hybridized carbons (Fsp3) is 0.273. The summed E-state index contributed by atoms with van der Waals surface area (Å²) in [5, 5.41) is 9.48. The Hall–Kier alpha value is -0.890. The van der Waals surface area contributed by atoms with Crippen LogP contribution < -0.4 is 0 Å². The lowest BCUT2D eigenvalue weighted by atomic mass is 10.1. The highest BCUT2D eigenvalue weighted by atomic mass is 32.1. The van der Waals surface area contributed by atoms with Crippen LogP contribution in [0.15, 0.2) is 30.9 Å². The van der Waals surface area contributed by atoms with Gasteiger partial charge in [0.05, 0.1) is 0 Å². The van der Waals surface area contributed by atoms with Crippen molar-refractivity contribution in [1.29, 1.82) is 0 Å². The first-order valence-electron chi connectivity index (χ1n) is 4.08. The zero-order chi connectivity index (χ0) is 10.3. The van der Waals surface area contributed by atoms with Crippen molar-refractivity contribution >= 4 is 12.6 Å². The van der Waals surface area contributed by atoms with Gasteiger partial charge in [0.1, 0.15) is 5.75 Å². The minimum Gasteiger partial charge on any atom is -0.507 e. The Morgan fingerprint density at radius 2 is 2.08 bits per heavy atom. The van der Waals surface area contributed by atoms with E-state index in [0.29, 0.717) is 5.75 Å². The van der Waals surface area contributed by atoms with Gasteiger partial charge in [-0.05, 0) is 30.7 Å². The minimum atomic E-state index is 0.396. The molecule has 13 heavy (non-hydrogen) atoms. The molecule has 0 aliphatic rings. The van der Waals surface area contributed by atoms with Crippen molar-refractivity contribution in [2.24, 2.45) is 0 Å². The van der Waals surface area contributed by atoms with Gasteiger partial charge in [-0.25, -0.2) is 0 Å². The van der Waals surface area contributed by atoms with Crippen molar-refractivity contribution in [2.45, 2.75) is 13.3 Å². The topological polar surface area (TPSA) is 20.2 Å². The highest BCUT2D eigenvalue weighted by Gasteiger charge is 1.99. The number of hydrogen-bond donors (Lipinski definition) is 2. The Morgan fingerprint density at radius 3 is 2.62 bits per heavy atom. The van der Waals surface area contributed by atoms with Crippen LogP contribution in [-0.4, -0.2) is 11.4 Å². The molecule has 0 radical (unpaired) electrons. The number of phenols is 1. The molecule has 72 valence electrons.